The maximum atomic E-state index is 12.9. The quantitative estimate of drug-likeness (QED) is 0.819. The number of hydrogen-bond acceptors (Lipinski definition) is 3. The third-order valence-electron chi connectivity index (χ3n) is 3.69. The van der Waals surface area contributed by atoms with Gasteiger partial charge in [0.1, 0.15) is 11.5 Å². The standard InChI is InChI=1S/C18H24FN3O2/c1-4-22-16(10-15(21-22)9-12(2)3)18(24)20-11-17(23)13-5-7-14(19)8-6-13/h5-8,10,12,17,23H,4,9,11H2,1-3H3,(H,20,24)/t17-/m0/s1. The molecule has 0 fully saturated rings. The van der Waals surface area contributed by atoms with Crippen molar-refractivity contribution in [1.82, 2.24) is 15.1 Å². The van der Waals surface area contributed by atoms with Crippen LogP contribution in [0.2, 0.25) is 0 Å². The van der Waals surface area contributed by atoms with E-state index in [-0.39, 0.29) is 18.3 Å². The van der Waals surface area contributed by atoms with Crippen LogP contribution in [-0.2, 0) is 13.0 Å². The predicted octanol–water partition coefficient (Wildman–Crippen LogP) is 2.70. The fourth-order valence-electron chi connectivity index (χ4n) is 2.49. The number of carbonyl (C=O) groups is 1. The average molecular weight is 333 g/mol. The lowest BCUT2D eigenvalue weighted by Gasteiger charge is -2.12. The Balaban J connectivity index is 2.01. The summed E-state index contributed by atoms with van der Waals surface area (Å²) in [5.41, 5.74) is 1.93. The Kier molecular flexibility index (Phi) is 6.09. The van der Waals surface area contributed by atoms with E-state index in [0.717, 1.165) is 12.1 Å². The second-order valence-corrected chi connectivity index (χ2v) is 6.21. The summed E-state index contributed by atoms with van der Waals surface area (Å²) >= 11 is 0. The molecule has 5 nitrogen and oxygen atoms in total. The van der Waals surface area contributed by atoms with Gasteiger partial charge in [0.15, 0.2) is 0 Å². The molecule has 1 amide bonds. The first kappa shape index (κ1) is 18.1. The van der Waals surface area contributed by atoms with Crippen molar-refractivity contribution in [3.8, 4) is 0 Å². The lowest BCUT2D eigenvalue weighted by Crippen LogP contribution is -2.30. The van der Waals surface area contributed by atoms with E-state index in [1.54, 1.807) is 10.7 Å². The molecule has 0 saturated carbocycles. The smallest absolute Gasteiger partial charge is 0.269 e. The molecule has 2 N–H and O–H groups in total. The zero-order valence-corrected chi connectivity index (χ0v) is 14.3. The summed E-state index contributed by atoms with van der Waals surface area (Å²) in [6, 6.07) is 7.37. The molecule has 24 heavy (non-hydrogen) atoms. The van der Waals surface area contributed by atoms with Gasteiger partial charge in [-0.2, -0.15) is 5.10 Å². The van der Waals surface area contributed by atoms with E-state index in [0.29, 0.717) is 23.7 Å². The zero-order valence-electron chi connectivity index (χ0n) is 14.3. The normalized spacial score (nSPS) is 12.4. The Labute approximate surface area is 141 Å². The van der Waals surface area contributed by atoms with Crippen molar-refractivity contribution in [1.29, 1.82) is 0 Å². The van der Waals surface area contributed by atoms with Gasteiger partial charge in [-0.05, 0) is 43.0 Å². The number of aromatic nitrogens is 2. The number of aliphatic hydroxyl groups excluding tert-OH is 1. The lowest BCUT2D eigenvalue weighted by atomic mass is 10.1. The third kappa shape index (κ3) is 4.64. The molecule has 0 aliphatic heterocycles. The highest BCUT2D eigenvalue weighted by molar-refractivity contribution is 5.92. The maximum absolute atomic E-state index is 12.9. The summed E-state index contributed by atoms with van der Waals surface area (Å²) in [6.45, 7) is 6.78. The molecule has 2 aromatic rings. The molecule has 6 heteroatoms. The van der Waals surface area contributed by atoms with Crippen molar-refractivity contribution in [2.75, 3.05) is 6.54 Å². The summed E-state index contributed by atoms with van der Waals surface area (Å²) in [5, 5.41) is 17.2. The van der Waals surface area contributed by atoms with E-state index in [1.807, 2.05) is 6.92 Å². The molecule has 130 valence electrons. The highest BCUT2D eigenvalue weighted by atomic mass is 19.1. The van der Waals surface area contributed by atoms with Gasteiger partial charge in [-0.25, -0.2) is 4.39 Å². The van der Waals surface area contributed by atoms with E-state index in [4.69, 9.17) is 0 Å². The number of rotatable bonds is 7. The average Bonchev–Trinajstić information content (AvgIpc) is 2.95. The van der Waals surface area contributed by atoms with Crippen molar-refractivity contribution in [3.63, 3.8) is 0 Å². The van der Waals surface area contributed by atoms with Crippen molar-refractivity contribution in [2.24, 2.45) is 5.92 Å². The molecule has 0 unspecified atom stereocenters. The third-order valence-corrected chi connectivity index (χ3v) is 3.69. The van der Waals surface area contributed by atoms with Crippen molar-refractivity contribution < 1.29 is 14.3 Å². The van der Waals surface area contributed by atoms with E-state index in [9.17, 15) is 14.3 Å². The summed E-state index contributed by atoms with van der Waals surface area (Å²) in [6.07, 6.45) is -0.0754. The van der Waals surface area contributed by atoms with Gasteiger partial charge in [-0.3, -0.25) is 9.48 Å². The van der Waals surface area contributed by atoms with Gasteiger partial charge in [0.05, 0.1) is 11.8 Å². The van der Waals surface area contributed by atoms with Crippen LogP contribution in [0.25, 0.3) is 0 Å². The molecule has 0 aliphatic rings. The molecule has 0 bridgehead atoms. The van der Waals surface area contributed by atoms with Gasteiger partial charge in [0.25, 0.3) is 5.91 Å². The number of hydrogen-bond donors (Lipinski definition) is 2. The first-order valence-corrected chi connectivity index (χ1v) is 8.19. The second-order valence-electron chi connectivity index (χ2n) is 6.21. The fraction of sp³-hybridized carbons (Fsp3) is 0.444. The van der Waals surface area contributed by atoms with Crippen LogP contribution in [0.3, 0.4) is 0 Å². The van der Waals surface area contributed by atoms with Crippen LogP contribution in [0.15, 0.2) is 30.3 Å². The first-order chi connectivity index (χ1) is 11.4. The number of aryl methyl sites for hydroxylation is 1. The Hall–Kier alpha value is -2.21. The maximum Gasteiger partial charge on any atom is 0.269 e. The highest BCUT2D eigenvalue weighted by Gasteiger charge is 2.16. The number of halogens is 1. The minimum atomic E-state index is -0.886. The van der Waals surface area contributed by atoms with Crippen LogP contribution in [0.1, 0.15) is 48.6 Å². The topological polar surface area (TPSA) is 67.2 Å². The number of amides is 1. The molecule has 1 aromatic heterocycles. The van der Waals surface area contributed by atoms with Crippen molar-refractivity contribution in [2.45, 2.75) is 39.8 Å². The van der Waals surface area contributed by atoms with E-state index in [2.05, 4.69) is 24.3 Å². The minimum Gasteiger partial charge on any atom is -0.387 e. The van der Waals surface area contributed by atoms with Gasteiger partial charge < -0.3 is 10.4 Å². The summed E-state index contributed by atoms with van der Waals surface area (Å²) in [7, 11) is 0. The number of aliphatic hydroxyl groups is 1. The monoisotopic (exact) mass is 333 g/mol. The Bertz CT molecular complexity index is 680. The van der Waals surface area contributed by atoms with Crippen LogP contribution in [-0.4, -0.2) is 27.3 Å². The van der Waals surface area contributed by atoms with Gasteiger partial charge in [-0.1, -0.05) is 26.0 Å². The molecule has 0 spiro atoms. The molecule has 0 aliphatic carbocycles. The molecular formula is C18H24FN3O2. The number of nitrogens with one attached hydrogen (secondary N) is 1. The van der Waals surface area contributed by atoms with Crippen LogP contribution < -0.4 is 5.32 Å². The second kappa shape index (κ2) is 8.06. The number of nitrogens with zero attached hydrogens (tertiary/aromatic N) is 2. The Morgan fingerprint density at radius 2 is 2.00 bits per heavy atom. The number of benzene rings is 1. The first-order valence-electron chi connectivity index (χ1n) is 8.19. The molecule has 1 aromatic carbocycles. The van der Waals surface area contributed by atoms with Crippen LogP contribution in [0.4, 0.5) is 4.39 Å². The molecule has 2 rings (SSSR count). The van der Waals surface area contributed by atoms with Gasteiger partial charge in [0.2, 0.25) is 0 Å². The van der Waals surface area contributed by atoms with E-state index < -0.39 is 6.10 Å². The van der Waals surface area contributed by atoms with Crippen molar-refractivity contribution >= 4 is 5.91 Å². The lowest BCUT2D eigenvalue weighted by molar-refractivity contribution is 0.0905. The molecule has 1 atom stereocenters. The van der Waals surface area contributed by atoms with Gasteiger partial charge in [-0.15, -0.1) is 0 Å². The van der Waals surface area contributed by atoms with Crippen LogP contribution in [0.5, 0.6) is 0 Å². The van der Waals surface area contributed by atoms with E-state index >= 15 is 0 Å². The Morgan fingerprint density at radius 3 is 2.58 bits per heavy atom. The van der Waals surface area contributed by atoms with Crippen LogP contribution >= 0.6 is 0 Å². The molecular weight excluding hydrogens is 309 g/mol. The van der Waals surface area contributed by atoms with Gasteiger partial charge in [0, 0.05) is 13.1 Å². The van der Waals surface area contributed by atoms with E-state index in [1.165, 1.54) is 24.3 Å². The molecule has 0 radical (unpaired) electrons. The van der Waals surface area contributed by atoms with Gasteiger partial charge >= 0.3 is 0 Å². The predicted molar refractivity (Wildman–Crippen MR) is 90.1 cm³/mol. The number of carbonyl (C=O) groups excluding carboxylic acids is 1. The summed E-state index contributed by atoms with van der Waals surface area (Å²) in [4.78, 5) is 12.4. The Morgan fingerprint density at radius 1 is 1.33 bits per heavy atom. The fourth-order valence-corrected chi connectivity index (χ4v) is 2.49. The summed E-state index contributed by atoms with van der Waals surface area (Å²) < 4.78 is 14.6. The van der Waals surface area contributed by atoms with Crippen LogP contribution in [0, 0.1) is 11.7 Å². The minimum absolute atomic E-state index is 0.0544. The molecule has 0 saturated heterocycles. The highest BCUT2D eigenvalue weighted by Crippen LogP contribution is 2.14. The zero-order chi connectivity index (χ0) is 17.7. The SMILES string of the molecule is CCn1nc(CC(C)C)cc1C(=O)NC[C@H](O)c1ccc(F)cc1. The molecule has 1 heterocycles. The largest absolute Gasteiger partial charge is 0.387 e. The summed E-state index contributed by atoms with van der Waals surface area (Å²) in [5.74, 6) is -0.179. The van der Waals surface area contributed by atoms with Crippen molar-refractivity contribution in [3.05, 3.63) is 53.1 Å².